The third-order valence-electron chi connectivity index (χ3n) is 3.68. The van der Waals surface area contributed by atoms with Crippen LogP contribution in [0.1, 0.15) is 41.6 Å². The predicted octanol–water partition coefficient (Wildman–Crippen LogP) is 3.27. The Morgan fingerprint density at radius 2 is 1.69 bits per heavy atom. The summed E-state index contributed by atoms with van der Waals surface area (Å²) >= 11 is 0. The molecule has 5 nitrogen and oxygen atoms in total. The van der Waals surface area contributed by atoms with Crippen LogP contribution in [0, 0.1) is 5.82 Å². The first kappa shape index (κ1) is 19.3. The van der Waals surface area contributed by atoms with Crippen LogP contribution in [0.15, 0.2) is 59.7 Å². The first-order chi connectivity index (χ1) is 12.6. The van der Waals surface area contributed by atoms with E-state index in [0.717, 1.165) is 19.3 Å². The molecule has 0 saturated heterocycles. The number of benzene rings is 2. The van der Waals surface area contributed by atoms with E-state index in [1.165, 1.54) is 18.3 Å². The van der Waals surface area contributed by atoms with Crippen LogP contribution in [-0.2, 0) is 4.79 Å². The van der Waals surface area contributed by atoms with Gasteiger partial charge in [0.25, 0.3) is 5.91 Å². The van der Waals surface area contributed by atoms with E-state index < -0.39 is 0 Å². The average Bonchev–Trinajstić information content (AvgIpc) is 2.66. The van der Waals surface area contributed by atoms with Crippen LogP contribution in [0.3, 0.4) is 0 Å². The van der Waals surface area contributed by atoms with E-state index in [0.29, 0.717) is 24.1 Å². The van der Waals surface area contributed by atoms with E-state index in [-0.39, 0.29) is 17.6 Å². The van der Waals surface area contributed by atoms with Crippen molar-refractivity contribution in [3.05, 3.63) is 71.5 Å². The Bertz CT molecular complexity index is 730. The lowest BCUT2D eigenvalue weighted by atomic mass is 10.2. The summed E-state index contributed by atoms with van der Waals surface area (Å²) in [4.78, 5) is 23.5. The van der Waals surface area contributed by atoms with Crippen molar-refractivity contribution in [2.24, 2.45) is 5.10 Å². The number of rotatable bonds is 9. The zero-order chi connectivity index (χ0) is 18.6. The van der Waals surface area contributed by atoms with Gasteiger partial charge in [-0.2, -0.15) is 5.10 Å². The second kappa shape index (κ2) is 10.8. The average molecular weight is 355 g/mol. The molecular formula is C20H22FN3O2. The Labute approximate surface area is 152 Å². The molecule has 2 aromatic carbocycles. The second-order valence-corrected chi connectivity index (χ2v) is 5.78. The van der Waals surface area contributed by atoms with Crippen molar-refractivity contribution in [1.82, 2.24) is 10.7 Å². The Morgan fingerprint density at radius 1 is 0.962 bits per heavy atom. The molecule has 0 aliphatic rings. The highest BCUT2D eigenvalue weighted by atomic mass is 19.1. The maximum atomic E-state index is 12.8. The molecule has 0 unspecified atom stereocenters. The lowest BCUT2D eigenvalue weighted by Gasteiger charge is -2.05. The molecule has 2 rings (SSSR count). The Morgan fingerprint density at radius 3 is 2.42 bits per heavy atom. The number of carbonyl (C=O) groups is 2. The SMILES string of the molecule is O=C(CCCCCNC(=O)c1ccccc1)N/N=C/c1ccc(F)cc1. The van der Waals surface area contributed by atoms with Crippen molar-refractivity contribution in [2.45, 2.75) is 25.7 Å². The van der Waals surface area contributed by atoms with Gasteiger partial charge in [-0.1, -0.05) is 36.8 Å². The van der Waals surface area contributed by atoms with Crippen molar-refractivity contribution in [2.75, 3.05) is 6.54 Å². The molecule has 136 valence electrons. The molecule has 0 fully saturated rings. The zero-order valence-corrected chi connectivity index (χ0v) is 14.5. The van der Waals surface area contributed by atoms with E-state index in [4.69, 9.17) is 0 Å². The third-order valence-corrected chi connectivity index (χ3v) is 3.68. The van der Waals surface area contributed by atoms with E-state index >= 15 is 0 Å². The minimum absolute atomic E-state index is 0.0847. The summed E-state index contributed by atoms with van der Waals surface area (Å²) in [5.41, 5.74) is 3.80. The molecule has 0 aliphatic heterocycles. The summed E-state index contributed by atoms with van der Waals surface area (Å²) in [6.07, 6.45) is 4.21. The maximum absolute atomic E-state index is 12.8. The minimum Gasteiger partial charge on any atom is -0.352 e. The van der Waals surface area contributed by atoms with Crippen LogP contribution in [0.25, 0.3) is 0 Å². The third kappa shape index (κ3) is 7.25. The van der Waals surface area contributed by atoms with Gasteiger partial charge in [-0.25, -0.2) is 9.82 Å². The lowest BCUT2D eigenvalue weighted by molar-refractivity contribution is -0.121. The molecule has 0 spiro atoms. The fourth-order valence-corrected chi connectivity index (χ4v) is 2.26. The molecule has 0 heterocycles. The number of amides is 2. The highest BCUT2D eigenvalue weighted by Gasteiger charge is 2.03. The summed E-state index contributed by atoms with van der Waals surface area (Å²) in [5.74, 6) is -0.568. The van der Waals surface area contributed by atoms with Crippen LogP contribution >= 0.6 is 0 Å². The van der Waals surface area contributed by atoms with Gasteiger partial charge in [0.1, 0.15) is 5.82 Å². The van der Waals surface area contributed by atoms with Gasteiger partial charge in [-0.05, 0) is 42.7 Å². The van der Waals surface area contributed by atoms with Gasteiger partial charge >= 0.3 is 0 Å². The van der Waals surface area contributed by atoms with Crippen LogP contribution in [0.2, 0.25) is 0 Å². The zero-order valence-electron chi connectivity index (χ0n) is 14.5. The van der Waals surface area contributed by atoms with Crippen molar-refractivity contribution < 1.29 is 14.0 Å². The lowest BCUT2D eigenvalue weighted by Crippen LogP contribution is -2.24. The van der Waals surface area contributed by atoms with Gasteiger partial charge in [0.05, 0.1) is 6.21 Å². The molecule has 0 radical (unpaired) electrons. The molecule has 2 N–H and O–H groups in total. The Balaban J connectivity index is 1.53. The van der Waals surface area contributed by atoms with E-state index in [9.17, 15) is 14.0 Å². The van der Waals surface area contributed by atoms with Crippen LogP contribution < -0.4 is 10.7 Å². The highest BCUT2D eigenvalue weighted by molar-refractivity contribution is 5.94. The first-order valence-corrected chi connectivity index (χ1v) is 8.56. The summed E-state index contributed by atoms with van der Waals surface area (Å²) < 4.78 is 12.8. The number of hydrogen-bond donors (Lipinski definition) is 2. The van der Waals surface area contributed by atoms with Gasteiger partial charge in [-0.3, -0.25) is 9.59 Å². The maximum Gasteiger partial charge on any atom is 0.251 e. The standard InChI is InChI=1S/C20H22FN3O2/c21-18-12-10-16(11-13-18)15-23-24-19(25)9-5-2-6-14-22-20(26)17-7-3-1-4-8-17/h1,3-4,7-8,10-13,15H,2,5-6,9,14H2,(H,22,26)(H,24,25)/b23-15+. The topological polar surface area (TPSA) is 70.6 Å². The molecule has 0 atom stereocenters. The monoisotopic (exact) mass is 355 g/mol. The van der Waals surface area contributed by atoms with Crippen molar-refractivity contribution >= 4 is 18.0 Å². The highest BCUT2D eigenvalue weighted by Crippen LogP contribution is 2.02. The quantitative estimate of drug-likeness (QED) is 0.412. The minimum atomic E-state index is -0.314. The van der Waals surface area contributed by atoms with Crippen LogP contribution in [0.5, 0.6) is 0 Å². The first-order valence-electron chi connectivity index (χ1n) is 8.56. The van der Waals surface area contributed by atoms with Crippen molar-refractivity contribution in [1.29, 1.82) is 0 Å². The number of halogens is 1. The normalized spacial score (nSPS) is 10.7. The van der Waals surface area contributed by atoms with Gasteiger partial charge in [0, 0.05) is 18.5 Å². The van der Waals surface area contributed by atoms with Gasteiger partial charge in [-0.15, -0.1) is 0 Å². The fourth-order valence-electron chi connectivity index (χ4n) is 2.26. The number of nitrogens with one attached hydrogen (secondary N) is 2. The summed E-state index contributed by atoms with van der Waals surface area (Å²) in [7, 11) is 0. The van der Waals surface area contributed by atoms with Crippen LogP contribution in [-0.4, -0.2) is 24.6 Å². The molecule has 26 heavy (non-hydrogen) atoms. The Hall–Kier alpha value is -3.02. The van der Waals surface area contributed by atoms with E-state index in [2.05, 4.69) is 15.8 Å². The van der Waals surface area contributed by atoms with Gasteiger partial charge in [0.15, 0.2) is 0 Å². The summed E-state index contributed by atoms with van der Waals surface area (Å²) in [5, 5.41) is 6.69. The summed E-state index contributed by atoms with van der Waals surface area (Å²) in [6.45, 7) is 0.581. The molecule has 0 aromatic heterocycles. The molecule has 0 saturated carbocycles. The number of hydrogen-bond acceptors (Lipinski definition) is 3. The molecule has 2 aromatic rings. The number of carbonyl (C=O) groups excluding carboxylic acids is 2. The molecule has 2 amide bonds. The van der Waals surface area contributed by atoms with Crippen molar-refractivity contribution in [3.63, 3.8) is 0 Å². The van der Waals surface area contributed by atoms with Gasteiger partial charge < -0.3 is 5.32 Å². The predicted molar refractivity (Wildman–Crippen MR) is 99.4 cm³/mol. The van der Waals surface area contributed by atoms with Crippen molar-refractivity contribution in [3.8, 4) is 0 Å². The second-order valence-electron chi connectivity index (χ2n) is 5.78. The fraction of sp³-hybridized carbons (Fsp3) is 0.250. The smallest absolute Gasteiger partial charge is 0.251 e. The number of nitrogens with zero attached hydrogens (tertiary/aromatic N) is 1. The van der Waals surface area contributed by atoms with E-state index in [1.807, 2.05) is 18.2 Å². The molecule has 0 bridgehead atoms. The number of hydrazone groups is 1. The molecule has 0 aliphatic carbocycles. The summed E-state index contributed by atoms with van der Waals surface area (Å²) in [6, 6.07) is 14.9. The van der Waals surface area contributed by atoms with Crippen LogP contribution in [0.4, 0.5) is 4.39 Å². The van der Waals surface area contributed by atoms with Gasteiger partial charge in [0.2, 0.25) is 5.91 Å². The molecule has 6 heteroatoms. The Kier molecular flexibility index (Phi) is 7.99. The largest absolute Gasteiger partial charge is 0.352 e. The number of unbranched alkanes of at least 4 members (excludes halogenated alkanes) is 2. The molecular weight excluding hydrogens is 333 g/mol. The van der Waals surface area contributed by atoms with E-state index in [1.54, 1.807) is 24.3 Å².